The zero-order valence-corrected chi connectivity index (χ0v) is 15.2. The largest absolute Gasteiger partial charge is 0.496 e. The van der Waals surface area contributed by atoms with Gasteiger partial charge in [0.05, 0.1) is 12.7 Å². The Morgan fingerprint density at radius 3 is 2.04 bits per heavy atom. The number of ether oxygens (including phenoxy) is 4. The first kappa shape index (κ1) is 20.2. The second-order valence-corrected chi connectivity index (χ2v) is 5.46. The average molecular weight is 350 g/mol. The highest BCUT2D eigenvalue weighted by Crippen LogP contribution is 2.43. The second-order valence-electron chi connectivity index (χ2n) is 5.46. The summed E-state index contributed by atoms with van der Waals surface area (Å²) in [7, 11) is 1.40. The lowest BCUT2D eigenvalue weighted by Crippen LogP contribution is -2.15. The molecule has 1 unspecified atom stereocenters. The SMILES string of the molecule is C=C(C)C(=O)OC(C)c1c(OC)cc(OC(C)=O)c(C)c1OC(C)=O. The van der Waals surface area contributed by atoms with Crippen molar-refractivity contribution in [1.29, 1.82) is 0 Å². The smallest absolute Gasteiger partial charge is 0.333 e. The molecular formula is C18H22O7. The van der Waals surface area contributed by atoms with Gasteiger partial charge in [-0.25, -0.2) is 4.79 Å². The predicted molar refractivity (Wildman–Crippen MR) is 89.7 cm³/mol. The first-order valence-electron chi connectivity index (χ1n) is 7.53. The minimum atomic E-state index is -0.793. The molecule has 1 atom stereocenters. The normalized spacial score (nSPS) is 11.3. The third-order valence-corrected chi connectivity index (χ3v) is 3.24. The number of rotatable bonds is 6. The lowest BCUT2D eigenvalue weighted by Gasteiger charge is -2.22. The van der Waals surface area contributed by atoms with E-state index in [2.05, 4.69) is 6.58 Å². The summed E-state index contributed by atoms with van der Waals surface area (Å²) in [5.41, 5.74) is 0.980. The Kier molecular flexibility index (Phi) is 6.73. The summed E-state index contributed by atoms with van der Waals surface area (Å²) in [6, 6.07) is 1.48. The van der Waals surface area contributed by atoms with Gasteiger partial charge in [0.15, 0.2) is 0 Å². The van der Waals surface area contributed by atoms with Gasteiger partial charge in [-0.2, -0.15) is 0 Å². The lowest BCUT2D eigenvalue weighted by molar-refractivity contribution is -0.143. The minimum absolute atomic E-state index is 0.116. The van der Waals surface area contributed by atoms with Crippen LogP contribution in [0.5, 0.6) is 17.2 Å². The first-order valence-corrected chi connectivity index (χ1v) is 7.53. The van der Waals surface area contributed by atoms with Crippen LogP contribution < -0.4 is 14.2 Å². The van der Waals surface area contributed by atoms with Crippen LogP contribution in [0.2, 0.25) is 0 Å². The molecule has 0 heterocycles. The summed E-state index contributed by atoms with van der Waals surface area (Å²) >= 11 is 0. The lowest BCUT2D eigenvalue weighted by atomic mass is 10.0. The zero-order valence-electron chi connectivity index (χ0n) is 15.2. The highest BCUT2D eigenvalue weighted by atomic mass is 16.6. The van der Waals surface area contributed by atoms with E-state index < -0.39 is 24.0 Å². The van der Waals surface area contributed by atoms with Crippen LogP contribution in [0, 0.1) is 6.92 Å². The highest BCUT2D eigenvalue weighted by molar-refractivity contribution is 5.87. The van der Waals surface area contributed by atoms with Crippen molar-refractivity contribution in [3.63, 3.8) is 0 Å². The maximum absolute atomic E-state index is 11.8. The van der Waals surface area contributed by atoms with Crippen LogP contribution in [0.4, 0.5) is 0 Å². The van der Waals surface area contributed by atoms with Gasteiger partial charge in [-0.3, -0.25) is 9.59 Å². The van der Waals surface area contributed by atoms with Crippen LogP contribution in [0.25, 0.3) is 0 Å². The molecule has 0 saturated heterocycles. The van der Waals surface area contributed by atoms with Crippen LogP contribution >= 0.6 is 0 Å². The van der Waals surface area contributed by atoms with Crippen LogP contribution in [-0.4, -0.2) is 25.0 Å². The molecule has 1 aromatic carbocycles. The van der Waals surface area contributed by atoms with Crippen LogP contribution in [-0.2, 0) is 19.1 Å². The van der Waals surface area contributed by atoms with Gasteiger partial charge >= 0.3 is 17.9 Å². The first-order chi connectivity index (χ1) is 11.6. The molecular weight excluding hydrogens is 328 g/mol. The van der Waals surface area contributed by atoms with E-state index in [4.69, 9.17) is 18.9 Å². The van der Waals surface area contributed by atoms with Crippen molar-refractivity contribution >= 4 is 17.9 Å². The Morgan fingerprint density at radius 2 is 1.60 bits per heavy atom. The van der Waals surface area contributed by atoms with E-state index in [1.54, 1.807) is 13.8 Å². The molecule has 0 aliphatic carbocycles. The Morgan fingerprint density at radius 1 is 1.04 bits per heavy atom. The maximum Gasteiger partial charge on any atom is 0.333 e. The number of methoxy groups -OCH3 is 1. The zero-order chi connectivity index (χ0) is 19.3. The third kappa shape index (κ3) is 5.07. The second kappa shape index (κ2) is 8.32. The fourth-order valence-corrected chi connectivity index (χ4v) is 2.14. The number of esters is 3. The van der Waals surface area contributed by atoms with E-state index in [-0.39, 0.29) is 22.8 Å². The molecule has 0 saturated carbocycles. The van der Waals surface area contributed by atoms with E-state index >= 15 is 0 Å². The maximum atomic E-state index is 11.8. The molecule has 1 aromatic rings. The van der Waals surface area contributed by atoms with Gasteiger partial charge in [0.2, 0.25) is 0 Å². The number of hydrogen-bond donors (Lipinski definition) is 0. The van der Waals surface area contributed by atoms with Crippen molar-refractivity contribution in [1.82, 2.24) is 0 Å². The van der Waals surface area contributed by atoms with E-state index in [0.29, 0.717) is 11.1 Å². The number of benzene rings is 1. The summed E-state index contributed by atoms with van der Waals surface area (Å²) in [5.74, 6) is -1.16. The molecule has 25 heavy (non-hydrogen) atoms. The molecule has 136 valence electrons. The quantitative estimate of drug-likeness (QED) is 0.442. The van der Waals surface area contributed by atoms with Gasteiger partial charge in [0.1, 0.15) is 23.4 Å². The number of hydrogen-bond acceptors (Lipinski definition) is 7. The Hall–Kier alpha value is -2.83. The van der Waals surface area contributed by atoms with Gasteiger partial charge in [-0.1, -0.05) is 6.58 Å². The van der Waals surface area contributed by atoms with E-state index in [1.165, 1.54) is 33.9 Å². The predicted octanol–water partition coefficient (Wildman–Crippen LogP) is 3.03. The summed E-state index contributed by atoms with van der Waals surface area (Å²) in [6.45, 7) is 10.8. The molecule has 0 radical (unpaired) electrons. The van der Waals surface area contributed by atoms with Crippen molar-refractivity contribution < 1.29 is 33.3 Å². The van der Waals surface area contributed by atoms with E-state index in [9.17, 15) is 14.4 Å². The van der Waals surface area contributed by atoms with Crippen LogP contribution in [0.3, 0.4) is 0 Å². The molecule has 0 N–H and O–H groups in total. The van der Waals surface area contributed by atoms with Crippen molar-refractivity contribution in [2.75, 3.05) is 7.11 Å². The van der Waals surface area contributed by atoms with Gasteiger partial charge < -0.3 is 18.9 Å². The van der Waals surface area contributed by atoms with Crippen molar-refractivity contribution in [2.45, 2.75) is 40.7 Å². The molecule has 0 aliphatic heterocycles. The average Bonchev–Trinajstić information content (AvgIpc) is 2.49. The Labute approximate surface area is 146 Å². The molecule has 0 aliphatic rings. The van der Waals surface area contributed by atoms with Gasteiger partial charge in [0.25, 0.3) is 0 Å². The summed E-state index contributed by atoms with van der Waals surface area (Å²) in [5, 5.41) is 0. The van der Waals surface area contributed by atoms with Gasteiger partial charge in [0, 0.05) is 31.1 Å². The van der Waals surface area contributed by atoms with Crippen molar-refractivity contribution in [2.24, 2.45) is 0 Å². The molecule has 7 heteroatoms. The monoisotopic (exact) mass is 350 g/mol. The van der Waals surface area contributed by atoms with Crippen molar-refractivity contribution in [3.05, 3.63) is 29.3 Å². The molecule has 0 aromatic heterocycles. The molecule has 1 rings (SSSR count). The number of carbonyl (C=O) groups excluding carboxylic acids is 3. The van der Waals surface area contributed by atoms with Gasteiger partial charge in [-0.15, -0.1) is 0 Å². The topological polar surface area (TPSA) is 88.1 Å². The summed E-state index contributed by atoms with van der Waals surface area (Å²) in [6.07, 6.45) is -0.793. The van der Waals surface area contributed by atoms with Crippen LogP contribution in [0.15, 0.2) is 18.2 Å². The van der Waals surface area contributed by atoms with Gasteiger partial charge in [-0.05, 0) is 20.8 Å². The standard InChI is InChI=1S/C18H22O7/c1-9(2)18(21)23-11(4)16-15(22-7)8-14(24-12(5)19)10(3)17(16)25-13(6)20/h8,11H,1H2,2-7H3. The molecule has 0 amide bonds. The Balaban J connectivity index is 3.53. The number of carbonyl (C=O) groups is 3. The van der Waals surface area contributed by atoms with Crippen LogP contribution in [0.1, 0.15) is 44.9 Å². The molecule has 0 fully saturated rings. The molecule has 7 nitrogen and oxygen atoms in total. The summed E-state index contributed by atoms with van der Waals surface area (Å²) < 4.78 is 21.0. The minimum Gasteiger partial charge on any atom is -0.496 e. The fourth-order valence-electron chi connectivity index (χ4n) is 2.14. The van der Waals surface area contributed by atoms with E-state index in [0.717, 1.165) is 0 Å². The summed E-state index contributed by atoms with van der Waals surface area (Å²) in [4.78, 5) is 34.6. The Bertz CT molecular complexity index is 719. The molecule has 0 spiro atoms. The van der Waals surface area contributed by atoms with Crippen molar-refractivity contribution in [3.8, 4) is 17.2 Å². The third-order valence-electron chi connectivity index (χ3n) is 3.24. The fraction of sp³-hybridized carbons (Fsp3) is 0.389. The highest BCUT2D eigenvalue weighted by Gasteiger charge is 2.27. The van der Waals surface area contributed by atoms with E-state index in [1.807, 2.05) is 0 Å². The molecule has 0 bridgehead atoms.